The Hall–Kier alpha value is -1.03. The van der Waals surface area contributed by atoms with Crippen molar-refractivity contribution in [3.05, 3.63) is 12.8 Å². The van der Waals surface area contributed by atoms with Gasteiger partial charge in [0.25, 0.3) is 0 Å². The highest BCUT2D eigenvalue weighted by Gasteiger charge is 1.98. The third-order valence-electron chi connectivity index (χ3n) is 0.661. The van der Waals surface area contributed by atoms with Gasteiger partial charge in [0.15, 0.2) is 0 Å². The van der Waals surface area contributed by atoms with Crippen molar-refractivity contribution in [2.24, 2.45) is 4.99 Å². The van der Waals surface area contributed by atoms with E-state index in [1.807, 2.05) is 0 Å². The van der Waals surface area contributed by atoms with Gasteiger partial charge in [-0.1, -0.05) is 6.58 Å². The Kier molecular flexibility index (Phi) is 3.46. The zero-order chi connectivity index (χ0) is 7.28. The molecule has 4 heteroatoms. The second kappa shape index (κ2) is 3.91. The van der Waals surface area contributed by atoms with Gasteiger partial charge >= 0.3 is 6.02 Å². The smallest absolute Gasteiger partial charge is 0.315 e. The second-order valence-corrected chi connectivity index (χ2v) is 1.32. The van der Waals surface area contributed by atoms with Gasteiger partial charge in [0.2, 0.25) is 0 Å². The average molecular weight is 130 g/mol. The molecule has 9 heavy (non-hydrogen) atoms. The lowest BCUT2D eigenvalue weighted by Gasteiger charge is -2.09. The number of rotatable bonds is 1. The van der Waals surface area contributed by atoms with Gasteiger partial charge in [-0.15, -0.1) is 0 Å². The molecule has 0 aromatic rings. The summed E-state index contributed by atoms with van der Waals surface area (Å²) < 4.78 is 4.61. The van der Waals surface area contributed by atoms with Gasteiger partial charge in [-0.2, -0.15) is 0 Å². The fraction of sp³-hybridized carbons (Fsp3) is 0.400. The number of hydroxylamine groups is 2. The predicted octanol–water partition coefficient (Wildman–Crippen LogP) is 0.453. The molecular weight excluding hydrogens is 120 g/mol. The van der Waals surface area contributed by atoms with Crippen molar-refractivity contribution in [1.29, 1.82) is 0 Å². The van der Waals surface area contributed by atoms with E-state index in [9.17, 15) is 0 Å². The van der Waals surface area contributed by atoms with Gasteiger partial charge in [-0.25, -0.2) is 10.1 Å². The number of aliphatic imine (C=N–C) groups is 1. The summed E-state index contributed by atoms with van der Waals surface area (Å²) in [7, 11) is 2.82. The van der Waals surface area contributed by atoms with Crippen LogP contribution in [0.2, 0.25) is 0 Å². The van der Waals surface area contributed by atoms with E-state index in [-0.39, 0.29) is 6.02 Å². The molecule has 0 fully saturated rings. The normalized spacial score (nSPS) is 10.8. The summed E-state index contributed by atoms with van der Waals surface area (Å²) in [6.45, 7) is 3.33. The van der Waals surface area contributed by atoms with E-state index < -0.39 is 0 Å². The van der Waals surface area contributed by atoms with Gasteiger partial charge < -0.3 is 4.74 Å². The minimum atomic E-state index is 0.116. The summed E-state index contributed by atoms with van der Waals surface area (Å²) in [5.74, 6) is 0. The average Bonchev–Trinajstić information content (AvgIpc) is 1.82. The number of methoxy groups -OCH3 is 1. The molecule has 0 aliphatic carbocycles. The first-order chi connectivity index (χ1) is 4.22. The molecule has 0 atom stereocenters. The van der Waals surface area contributed by atoms with Crippen molar-refractivity contribution in [3.8, 4) is 0 Å². The molecule has 0 radical (unpaired) electrons. The molecule has 0 amide bonds. The lowest BCUT2D eigenvalue weighted by atomic mass is 10.9. The Balaban J connectivity index is 3.96. The predicted molar refractivity (Wildman–Crippen MR) is 34.2 cm³/mol. The van der Waals surface area contributed by atoms with Gasteiger partial charge in [0, 0.05) is 13.2 Å². The number of amidine groups is 1. The highest BCUT2D eigenvalue weighted by Crippen LogP contribution is 1.83. The summed E-state index contributed by atoms with van der Waals surface area (Å²) in [5.41, 5.74) is 0. The summed E-state index contributed by atoms with van der Waals surface area (Å²) in [6.07, 6.45) is 1.28. The fourth-order valence-electron chi connectivity index (χ4n) is 0.346. The lowest BCUT2D eigenvalue weighted by molar-refractivity contribution is -0.0111. The van der Waals surface area contributed by atoms with Gasteiger partial charge in [-0.05, 0) is 0 Å². The standard InChI is InChI=1S/C5H10N2O2/c1-4-6-5(9-3)7(2)8/h4,8H,1H2,2-3H3/b6-5+. The number of hydrogen-bond acceptors (Lipinski definition) is 3. The van der Waals surface area contributed by atoms with Crippen LogP contribution < -0.4 is 0 Å². The Morgan fingerprint density at radius 2 is 2.44 bits per heavy atom. The quantitative estimate of drug-likeness (QED) is 0.318. The minimum Gasteiger partial charge on any atom is -0.467 e. The molecule has 0 heterocycles. The van der Waals surface area contributed by atoms with Crippen molar-refractivity contribution >= 4 is 6.02 Å². The van der Waals surface area contributed by atoms with E-state index in [4.69, 9.17) is 5.21 Å². The topological polar surface area (TPSA) is 45.1 Å². The van der Waals surface area contributed by atoms with Crippen LogP contribution in [0.15, 0.2) is 17.8 Å². The van der Waals surface area contributed by atoms with Crippen LogP contribution in [-0.4, -0.2) is 30.4 Å². The largest absolute Gasteiger partial charge is 0.467 e. The molecule has 0 unspecified atom stereocenters. The third kappa shape index (κ3) is 2.71. The first kappa shape index (κ1) is 7.97. The van der Waals surface area contributed by atoms with E-state index in [1.165, 1.54) is 20.4 Å². The Bertz CT molecular complexity index is 120. The van der Waals surface area contributed by atoms with Crippen LogP contribution in [0.5, 0.6) is 0 Å². The highest BCUT2D eigenvalue weighted by molar-refractivity contribution is 5.72. The van der Waals surface area contributed by atoms with E-state index in [0.29, 0.717) is 0 Å². The molecule has 0 aromatic heterocycles. The molecule has 52 valence electrons. The van der Waals surface area contributed by atoms with E-state index in [0.717, 1.165) is 5.06 Å². The summed E-state index contributed by atoms with van der Waals surface area (Å²) >= 11 is 0. The maximum atomic E-state index is 8.67. The van der Waals surface area contributed by atoms with Crippen LogP contribution in [0.25, 0.3) is 0 Å². The third-order valence-corrected chi connectivity index (χ3v) is 0.661. The molecule has 0 saturated heterocycles. The van der Waals surface area contributed by atoms with Crippen molar-refractivity contribution < 1.29 is 9.94 Å². The van der Waals surface area contributed by atoms with Gasteiger partial charge in [0.05, 0.1) is 7.11 Å². The summed E-state index contributed by atoms with van der Waals surface area (Å²) in [4.78, 5) is 3.58. The van der Waals surface area contributed by atoms with Crippen LogP contribution in [-0.2, 0) is 4.74 Å². The van der Waals surface area contributed by atoms with E-state index >= 15 is 0 Å². The van der Waals surface area contributed by atoms with Crippen LogP contribution in [0, 0.1) is 0 Å². The lowest BCUT2D eigenvalue weighted by Crippen LogP contribution is -2.23. The molecule has 0 spiro atoms. The molecule has 1 N–H and O–H groups in total. The van der Waals surface area contributed by atoms with E-state index in [1.54, 1.807) is 0 Å². The first-order valence-corrected chi connectivity index (χ1v) is 2.37. The molecule has 0 aliphatic rings. The van der Waals surface area contributed by atoms with Gasteiger partial charge in [0.1, 0.15) is 0 Å². The van der Waals surface area contributed by atoms with Crippen molar-refractivity contribution in [2.45, 2.75) is 0 Å². The molecule has 4 nitrogen and oxygen atoms in total. The molecule has 0 rings (SSSR count). The van der Waals surface area contributed by atoms with Gasteiger partial charge in [-0.3, -0.25) is 5.21 Å². The van der Waals surface area contributed by atoms with Crippen LogP contribution in [0.3, 0.4) is 0 Å². The van der Waals surface area contributed by atoms with Crippen molar-refractivity contribution in [1.82, 2.24) is 5.06 Å². The van der Waals surface area contributed by atoms with Crippen LogP contribution in [0.1, 0.15) is 0 Å². The highest BCUT2D eigenvalue weighted by atomic mass is 16.6. The van der Waals surface area contributed by atoms with Crippen LogP contribution in [0.4, 0.5) is 0 Å². The Morgan fingerprint density at radius 1 is 1.89 bits per heavy atom. The molecule has 0 aromatic carbocycles. The number of ether oxygens (including phenoxy) is 1. The maximum absolute atomic E-state index is 8.67. The Labute approximate surface area is 54.0 Å². The second-order valence-electron chi connectivity index (χ2n) is 1.32. The zero-order valence-corrected chi connectivity index (χ0v) is 5.53. The Morgan fingerprint density at radius 3 is 2.56 bits per heavy atom. The molecule has 0 bridgehead atoms. The SMILES string of the molecule is C=C/N=C(/OC)N(C)O. The molecular formula is C5H10N2O2. The van der Waals surface area contributed by atoms with Crippen molar-refractivity contribution in [2.75, 3.05) is 14.2 Å². The molecule has 0 saturated carbocycles. The number of hydrogen-bond donors (Lipinski definition) is 1. The minimum absolute atomic E-state index is 0.116. The monoisotopic (exact) mass is 130 g/mol. The summed E-state index contributed by atoms with van der Waals surface area (Å²) in [5, 5.41) is 9.44. The summed E-state index contributed by atoms with van der Waals surface area (Å²) in [6, 6.07) is 0.116. The zero-order valence-electron chi connectivity index (χ0n) is 5.53. The fourth-order valence-corrected chi connectivity index (χ4v) is 0.346. The van der Waals surface area contributed by atoms with Crippen LogP contribution >= 0.6 is 0 Å². The van der Waals surface area contributed by atoms with E-state index in [2.05, 4.69) is 16.3 Å². The maximum Gasteiger partial charge on any atom is 0.315 e. The van der Waals surface area contributed by atoms with Crippen molar-refractivity contribution in [3.63, 3.8) is 0 Å². The number of nitrogens with zero attached hydrogens (tertiary/aromatic N) is 2. The molecule has 0 aliphatic heterocycles. The first-order valence-electron chi connectivity index (χ1n) is 2.37.